The van der Waals surface area contributed by atoms with Crippen molar-refractivity contribution in [2.75, 3.05) is 19.4 Å². The van der Waals surface area contributed by atoms with E-state index in [0.717, 1.165) is 33.7 Å². The third kappa shape index (κ3) is 4.65. The fraction of sp³-hybridized carbons (Fsp3) is 0.375. The number of carbonyl (C=O) groups is 1. The van der Waals surface area contributed by atoms with Crippen LogP contribution in [-0.2, 0) is 6.54 Å². The van der Waals surface area contributed by atoms with Crippen LogP contribution >= 0.6 is 11.6 Å². The van der Waals surface area contributed by atoms with Crippen molar-refractivity contribution in [1.82, 2.24) is 4.98 Å². The number of benzene rings is 2. The zero-order valence-corrected chi connectivity index (χ0v) is 17.9. The summed E-state index contributed by atoms with van der Waals surface area (Å²) in [6.45, 7) is 1.02. The molecule has 2 aromatic carbocycles. The Balaban J connectivity index is 1.41. The Hall–Kier alpha value is -2.30. The molecule has 4 nitrogen and oxygen atoms in total. The van der Waals surface area contributed by atoms with E-state index in [1.54, 1.807) is 0 Å². The van der Waals surface area contributed by atoms with E-state index in [4.69, 9.17) is 11.6 Å². The van der Waals surface area contributed by atoms with Crippen molar-refractivity contribution < 1.29 is 9.28 Å². The van der Waals surface area contributed by atoms with E-state index in [1.165, 1.54) is 37.7 Å². The summed E-state index contributed by atoms with van der Waals surface area (Å²) in [5, 5.41) is 4.57. The number of hydrogen-bond acceptors (Lipinski definition) is 1. The molecule has 0 aliphatic heterocycles. The molecule has 4 rings (SSSR count). The van der Waals surface area contributed by atoms with Gasteiger partial charge in [0.05, 0.1) is 20.1 Å². The van der Waals surface area contributed by atoms with Gasteiger partial charge in [-0.1, -0.05) is 30.2 Å². The largest absolute Gasteiger partial charge is 0.351 e. The van der Waals surface area contributed by atoms with Crippen LogP contribution in [-0.4, -0.2) is 35.5 Å². The second-order valence-corrected chi connectivity index (χ2v) is 9.23. The molecule has 29 heavy (non-hydrogen) atoms. The smallest absolute Gasteiger partial charge is 0.272 e. The molecule has 152 valence electrons. The molecule has 1 amide bonds. The van der Waals surface area contributed by atoms with Crippen molar-refractivity contribution in [3.05, 3.63) is 64.8 Å². The maximum Gasteiger partial charge on any atom is 0.272 e. The van der Waals surface area contributed by atoms with Crippen molar-refractivity contribution in [3.63, 3.8) is 0 Å². The van der Waals surface area contributed by atoms with Gasteiger partial charge in [0.2, 0.25) is 0 Å². The van der Waals surface area contributed by atoms with Gasteiger partial charge >= 0.3 is 0 Å². The molecule has 1 aliphatic carbocycles. The molecule has 0 unspecified atom stereocenters. The van der Waals surface area contributed by atoms with E-state index in [1.807, 2.05) is 36.4 Å². The molecule has 0 bridgehead atoms. The normalized spacial score (nSPS) is 15.6. The Morgan fingerprint density at radius 2 is 1.79 bits per heavy atom. The molecule has 0 atom stereocenters. The van der Waals surface area contributed by atoms with Gasteiger partial charge in [-0.25, -0.2) is 0 Å². The fourth-order valence-electron chi connectivity index (χ4n) is 4.50. The van der Waals surface area contributed by atoms with Crippen LogP contribution in [0.1, 0.15) is 48.2 Å². The maximum absolute atomic E-state index is 12.6. The van der Waals surface area contributed by atoms with E-state index >= 15 is 0 Å². The second-order valence-electron chi connectivity index (χ2n) is 8.79. The number of nitrogens with one attached hydrogen (secondary N) is 2. The number of hydrogen-bond donors (Lipinski definition) is 2. The minimum Gasteiger partial charge on any atom is -0.351 e. The Morgan fingerprint density at radius 1 is 1.07 bits per heavy atom. The van der Waals surface area contributed by atoms with Crippen LogP contribution in [0.25, 0.3) is 10.9 Å². The molecule has 0 spiro atoms. The minimum atomic E-state index is -0.150. The lowest BCUT2D eigenvalue weighted by Crippen LogP contribution is -2.48. The highest BCUT2D eigenvalue weighted by atomic mass is 35.5. The predicted octanol–water partition coefficient (Wildman–Crippen LogP) is 5.98. The average molecular weight is 411 g/mol. The number of halogens is 1. The number of nitrogens with zero attached hydrogens (tertiary/aromatic N) is 1. The minimum absolute atomic E-state index is 0.150. The fourth-order valence-corrected chi connectivity index (χ4v) is 4.68. The Morgan fingerprint density at radius 3 is 2.52 bits per heavy atom. The summed E-state index contributed by atoms with van der Waals surface area (Å²) in [7, 11) is 4.68. The maximum atomic E-state index is 12.6. The SMILES string of the molecule is C[N+](C)(Cc1ccc(NC(=O)c2cc3cc(Cl)ccc3[nH]2)cc1)C1CCCCC1. The van der Waals surface area contributed by atoms with Gasteiger partial charge in [0.1, 0.15) is 12.2 Å². The van der Waals surface area contributed by atoms with Crippen LogP contribution in [0.2, 0.25) is 5.02 Å². The Labute approximate surface area is 177 Å². The first-order chi connectivity index (χ1) is 13.9. The molecule has 1 heterocycles. The highest BCUT2D eigenvalue weighted by molar-refractivity contribution is 6.31. The first-order valence-corrected chi connectivity index (χ1v) is 10.8. The number of quaternary nitrogens is 1. The van der Waals surface area contributed by atoms with Gasteiger partial charge in [0, 0.05) is 27.2 Å². The molecule has 1 fully saturated rings. The van der Waals surface area contributed by atoms with Crippen LogP contribution in [0.5, 0.6) is 0 Å². The quantitative estimate of drug-likeness (QED) is 0.499. The summed E-state index contributed by atoms with van der Waals surface area (Å²) < 4.78 is 1.03. The first-order valence-electron chi connectivity index (χ1n) is 10.4. The highest BCUT2D eigenvalue weighted by Crippen LogP contribution is 2.28. The van der Waals surface area contributed by atoms with Crippen molar-refractivity contribution in [3.8, 4) is 0 Å². The molecule has 0 saturated heterocycles. The molecule has 1 saturated carbocycles. The van der Waals surface area contributed by atoms with E-state index in [9.17, 15) is 4.79 Å². The lowest BCUT2D eigenvalue weighted by Gasteiger charge is -2.40. The van der Waals surface area contributed by atoms with Crippen molar-refractivity contribution >= 4 is 34.1 Å². The zero-order chi connectivity index (χ0) is 20.4. The van der Waals surface area contributed by atoms with Crippen molar-refractivity contribution in [2.24, 2.45) is 0 Å². The van der Waals surface area contributed by atoms with Crippen LogP contribution in [0, 0.1) is 0 Å². The predicted molar refractivity (Wildman–Crippen MR) is 120 cm³/mol. The number of fused-ring (bicyclic) bond motifs is 1. The summed E-state index contributed by atoms with van der Waals surface area (Å²) in [5.74, 6) is -0.150. The number of rotatable bonds is 5. The van der Waals surface area contributed by atoms with Gasteiger partial charge in [-0.2, -0.15) is 0 Å². The van der Waals surface area contributed by atoms with Crippen LogP contribution in [0.15, 0.2) is 48.5 Å². The third-order valence-electron chi connectivity index (χ3n) is 6.19. The van der Waals surface area contributed by atoms with E-state index < -0.39 is 0 Å². The second kappa shape index (κ2) is 8.21. The Bertz CT molecular complexity index is 1000. The monoisotopic (exact) mass is 410 g/mol. The Kier molecular flexibility index (Phi) is 5.66. The third-order valence-corrected chi connectivity index (χ3v) is 6.43. The number of aromatic amines is 1. The number of anilines is 1. The molecular formula is C24H29ClN3O+. The number of carbonyl (C=O) groups excluding carboxylic acids is 1. The van der Waals surface area contributed by atoms with Crippen LogP contribution in [0.4, 0.5) is 5.69 Å². The van der Waals surface area contributed by atoms with Gasteiger partial charge in [-0.15, -0.1) is 0 Å². The zero-order valence-electron chi connectivity index (χ0n) is 17.2. The van der Waals surface area contributed by atoms with Gasteiger partial charge < -0.3 is 14.8 Å². The highest BCUT2D eigenvalue weighted by Gasteiger charge is 2.29. The summed E-state index contributed by atoms with van der Waals surface area (Å²) in [4.78, 5) is 15.8. The average Bonchev–Trinajstić information content (AvgIpc) is 3.13. The first kappa shape index (κ1) is 20.0. The molecule has 1 aliphatic rings. The molecule has 1 aromatic heterocycles. The standard InChI is InChI=1S/C24H28ClN3O/c1-28(2,21-6-4-3-5-7-21)16-17-8-11-20(12-9-17)26-24(29)23-15-18-14-19(25)10-13-22(18)27-23/h8-15,21H,3-7,16H2,1-2H3,(H-,26,27,29)/p+1. The summed E-state index contributed by atoms with van der Waals surface area (Å²) >= 11 is 6.03. The summed E-state index contributed by atoms with van der Waals surface area (Å²) in [6.07, 6.45) is 6.76. The number of aromatic nitrogens is 1. The van der Waals surface area contributed by atoms with E-state index in [2.05, 4.69) is 36.5 Å². The van der Waals surface area contributed by atoms with Crippen LogP contribution in [0.3, 0.4) is 0 Å². The molecule has 5 heteroatoms. The molecular weight excluding hydrogens is 382 g/mol. The molecule has 2 N–H and O–H groups in total. The van der Waals surface area contributed by atoms with Crippen molar-refractivity contribution in [2.45, 2.75) is 44.7 Å². The van der Waals surface area contributed by atoms with Gasteiger partial charge in [-0.05, 0) is 62.1 Å². The lowest BCUT2D eigenvalue weighted by molar-refractivity contribution is -0.929. The summed E-state index contributed by atoms with van der Waals surface area (Å²) in [5.41, 5.74) is 3.54. The molecule has 3 aromatic rings. The van der Waals surface area contributed by atoms with Crippen molar-refractivity contribution in [1.29, 1.82) is 0 Å². The van der Waals surface area contributed by atoms with Crippen LogP contribution < -0.4 is 5.32 Å². The molecule has 0 radical (unpaired) electrons. The van der Waals surface area contributed by atoms with E-state index in [0.29, 0.717) is 10.7 Å². The number of amides is 1. The topological polar surface area (TPSA) is 44.9 Å². The van der Waals surface area contributed by atoms with Gasteiger partial charge in [0.25, 0.3) is 5.91 Å². The van der Waals surface area contributed by atoms with Gasteiger partial charge in [0.15, 0.2) is 0 Å². The lowest BCUT2D eigenvalue weighted by atomic mass is 9.92. The van der Waals surface area contributed by atoms with Gasteiger partial charge in [-0.3, -0.25) is 4.79 Å². The summed E-state index contributed by atoms with van der Waals surface area (Å²) in [6, 6.07) is 16.4. The number of H-pyrrole nitrogens is 1. The van der Waals surface area contributed by atoms with E-state index in [-0.39, 0.29) is 5.91 Å².